The average Bonchev–Trinajstić information content (AvgIpc) is 2.70. The maximum absolute atomic E-state index is 12.4. The predicted molar refractivity (Wildman–Crippen MR) is 83.9 cm³/mol. The standard InChI is InChI=1S/C18H22O4/c1-4-21-15(19)18(13-17(2,3)22-16(18)20)12-8-11-14-9-6-5-7-10-14/h5-11H,4,12-13H2,1-3H3/b11-8+. The lowest BCUT2D eigenvalue weighted by Gasteiger charge is -2.22. The van der Waals surface area contributed by atoms with Gasteiger partial charge in [-0.3, -0.25) is 9.59 Å². The van der Waals surface area contributed by atoms with E-state index in [1.165, 1.54) is 0 Å². The Bertz CT molecular complexity index is 574. The molecule has 0 N–H and O–H groups in total. The predicted octanol–water partition coefficient (Wildman–Crippen LogP) is 3.36. The van der Waals surface area contributed by atoms with Crippen LogP contribution in [-0.4, -0.2) is 24.1 Å². The molecule has 1 aromatic carbocycles. The SMILES string of the molecule is CCOC(=O)C1(C/C=C/c2ccccc2)CC(C)(C)OC1=O. The molecule has 4 heteroatoms. The second kappa shape index (κ2) is 6.34. The molecule has 0 bridgehead atoms. The maximum atomic E-state index is 12.4. The summed E-state index contributed by atoms with van der Waals surface area (Å²) in [6, 6.07) is 9.74. The Kier molecular flexibility index (Phi) is 4.69. The summed E-state index contributed by atoms with van der Waals surface area (Å²) < 4.78 is 10.5. The first kappa shape index (κ1) is 16.3. The summed E-state index contributed by atoms with van der Waals surface area (Å²) in [5, 5.41) is 0. The van der Waals surface area contributed by atoms with Crippen LogP contribution in [0.15, 0.2) is 36.4 Å². The molecule has 118 valence electrons. The minimum absolute atomic E-state index is 0.247. The summed E-state index contributed by atoms with van der Waals surface area (Å²) in [5.41, 5.74) is -0.859. The van der Waals surface area contributed by atoms with E-state index in [1.807, 2.05) is 56.3 Å². The zero-order valence-electron chi connectivity index (χ0n) is 13.3. The number of benzene rings is 1. The van der Waals surface area contributed by atoms with Crippen LogP contribution in [0.5, 0.6) is 0 Å². The highest BCUT2D eigenvalue weighted by atomic mass is 16.6. The van der Waals surface area contributed by atoms with Crippen molar-refractivity contribution in [2.24, 2.45) is 5.41 Å². The fourth-order valence-electron chi connectivity index (χ4n) is 2.81. The molecule has 22 heavy (non-hydrogen) atoms. The number of rotatable bonds is 5. The van der Waals surface area contributed by atoms with Gasteiger partial charge in [0.2, 0.25) is 0 Å². The van der Waals surface area contributed by atoms with Crippen LogP contribution in [0.25, 0.3) is 6.08 Å². The fraction of sp³-hybridized carbons (Fsp3) is 0.444. The molecular formula is C18H22O4. The van der Waals surface area contributed by atoms with Crippen molar-refractivity contribution >= 4 is 18.0 Å². The van der Waals surface area contributed by atoms with Gasteiger partial charge in [0.05, 0.1) is 6.61 Å². The number of hydrogen-bond donors (Lipinski definition) is 0. The van der Waals surface area contributed by atoms with Crippen molar-refractivity contribution < 1.29 is 19.1 Å². The summed E-state index contributed by atoms with van der Waals surface area (Å²) in [6.45, 7) is 5.60. The van der Waals surface area contributed by atoms with Crippen LogP contribution in [0, 0.1) is 5.41 Å². The van der Waals surface area contributed by atoms with E-state index < -0.39 is 23.0 Å². The molecule has 1 aliphatic rings. The van der Waals surface area contributed by atoms with Crippen molar-refractivity contribution in [3.05, 3.63) is 42.0 Å². The number of cyclic esters (lactones) is 1. The van der Waals surface area contributed by atoms with Gasteiger partial charge in [0, 0.05) is 6.42 Å². The molecule has 1 atom stereocenters. The van der Waals surface area contributed by atoms with Gasteiger partial charge in [0.15, 0.2) is 5.41 Å². The normalized spacial score (nSPS) is 23.5. The van der Waals surface area contributed by atoms with Crippen LogP contribution in [0.2, 0.25) is 0 Å². The molecule has 2 rings (SSSR count). The van der Waals surface area contributed by atoms with E-state index >= 15 is 0 Å². The highest BCUT2D eigenvalue weighted by Crippen LogP contribution is 2.44. The molecule has 0 spiro atoms. The Morgan fingerprint density at radius 2 is 2.00 bits per heavy atom. The van der Waals surface area contributed by atoms with Gasteiger partial charge in [-0.15, -0.1) is 0 Å². The van der Waals surface area contributed by atoms with E-state index in [2.05, 4.69) is 0 Å². The molecule has 4 nitrogen and oxygen atoms in total. The molecule has 1 heterocycles. The highest BCUT2D eigenvalue weighted by Gasteiger charge is 2.58. The van der Waals surface area contributed by atoms with Gasteiger partial charge in [-0.1, -0.05) is 42.5 Å². The zero-order chi connectivity index (χ0) is 16.2. The first-order chi connectivity index (χ1) is 10.4. The third-order valence-electron chi connectivity index (χ3n) is 3.73. The van der Waals surface area contributed by atoms with Gasteiger partial charge >= 0.3 is 11.9 Å². The van der Waals surface area contributed by atoms with E-state index in [4.69, 9.17) is 9.47 Å². The minimum Gasteiger partial charge on any atom is -0.465 e. The Labute approximate surface area is 131 Å². The van der Waals surface area contributed by atoms with Crippen molar-refractivity contribution in [1.29, 1.82) is 0 Å². The molecule has 0 aliphatic carbocycles. The largest absolute Gasteiger partial charge is 0.465 e. The second-order valence-corrected chi connectivity index (χ2v) is 6.15. The van der Waals surface area contributed by atoms with Crippen LogP contribution in [0.3, 0.4) is 0 Å². The Hall–Kier alpha value is -2.10. The quantitative estimate of drug-likeness (QED) is 0.618. The van der Waals surface area contributed by atoms with Crippen LogP contribution >= 0.6 is 0 Å². The number of hydrogen-bond acceptors (Lipinski definition) is 4. The molecular weight excluding hydrogens is 280 g/mol. The first-order valence-electron chi connectivity index (χ1n) is 7.52. The van der Waals surface area contributed by atoms with Gasteiger partial charge in [-0.25, -0.2) is 0 Å². The summed E-state index contributed by atoms with van der Waals surface area (Å²) in [5.74, 6) is -0.989. The smallest absolute Gasteiger partial charge is 0.324 e. The topological polar surface area (TPSA) is 52.6 Å². The Balaban J connectivity index is 2.21. The number of allylic oxidation sites excluding steroid dienone is 1. The molecule has 0 aromatic heterocycles. The monoisotopic (exact) mass is 302 g/mol. The third kappa shape index (κ3) is 3.38. The Morgan fingerprint density at radius 3 is 2.55 bits per heavy atom. The van der Waals surface area contributed by atoms with E-state index in [1.54, 1.807) is 6.92 Å². The number of carbonyl (C=O) groups is 2. The first-order valence-corrected chi connectivity index (χ1v) is 7.52. The van der Waals surface area contributed by atoms with Crippen LogP contribution in [0.4, 0.5) is 0 Å². The van der Waals surface area contributed by atoms with Gasteiger partial charge in [0.25, 0.3) is 0 Å². The molecule has 1 saturated heterocycles. The summed E-state index contributed by atoms with van der Waals surface area (Å²) in [6.07, 6.45) is 4.36. The lowest BCUT2D eigenvalue weighted by atomic mass is 9.78. The van der Waals surface area contributed by atoms with E-state index in [0.717, 1.165) is 5.56 Å². The summed E-state index contributed by atoms with van der Waals surface area (Å²) >= 11 is 0. The maximum Gasteiger partial charge on any atom is 0.324 e. The average molecular weight is 302 g/mol. The van der Waals surface area contributed by atoms with Gasteiger partial charge in [0.1, 0.15) is 5.60 Å². The molecule has 1 aromatic rings. The van der Waals surface area contributed by atoms with E-state index in [9.17, 15) is 9.59 Å². The zero-order valence-corrected chi connectivity index (χ0v) is 13.3. The van der Waals surface area contributed by atoms with Crippen LogP contribution in [-0.2, 0) is 19.1 Å². The van der Waals surface area contributed by atoms with Crippen molar-refractivity contribution in [2.45, 2.75) is 39.2 Å². The molecule has 1 unspecified atom stereocenters. The summed E-state index contributed by atoms with van der Waals surface area (Å²) in [4.78, 5) is 24.7. The van der Waals surface area contributed by atoms with Crippen molar-refractivity contribution in [3.63, 3.8) is 0 Å². The van der Waals surface area contributed by atoms with Gasteiger partial charge in [-0.05, 0) is 32.8 Å². The molecule has 0 amide bonds. The van der Waals surface area contributed by atoms with Gasteiger partial charge in [-0.2, -0.15) is 0 Å². The Morgan fingerprint density at radius 1 is 1.32 bits per heavy atom. The molecule has 0 saturated carbocycles. The summed E-state index contributed by atoms with van der Waals surface area (Å²) in [7, 11) is 0. The van der Waals surface area contributed by atoms with E-state index in [-0.39, 0.29) is 13.0 Å². The highest BCUT2D eigenvalue weighted by molar-refractivity contribution is 6.02. The van der Waals surface area contributed by atoms with Crippen molar-refractivity contribution in [3.8, 4) is 0 Å². The van der Waals surface area contributed by atoms with Crippen molar-refractivity contribution in [2.75, 3.05) is 6.61 Å². The minimum atomic E-state index is -1.23. The van der Waals surface area contributed by atoms with Crippen molar-refractivity contribution in [1.82, 2.24) is 0 Å². The third-order valence-corrected chi connectivity index (χ3v) is 3.73. The fourth-order valence-corrected chi connectivity index (χ4v) is 2.81. The van der Waals surface area contributed by atoms with Gasteiger partial charge < -0.3 is 9.47 Å². The van der Waals surface area contributed by atoms with Crippen LogP contribution < -0.4 is 0 Å². The second-order valence-electron chi connectivity index (χ2n) is 6.15. The lowest BCUT2D eigenvalue weighted by molar-refractivity contribution is -0.165. The molecule has 1 aliphatic heterocycles. The lowest BCUT2D eigenvalue weighted by Crippen LogP contribution is -2.37. The van der Waals surface area contributed by atoms with Crippen LogP contribution in [0.1, 0.15) is 39.2 Å². The molecule has 0 radical (unpaired) electrons. The molecule has 1 fully saturated rings. The number of ether oxygens (including phenoxy) is 2. The van der Waals surface area contributed by atoms with E-state index in [0.29, 0.717) is 6.42 Å². The number of esters is 2. The number of carbonyl (C=O) groups excluding carboxylic acids is 2.